The van der Waals surface area contributed by atoms with Gasteiger partial charge in [-0.1, -0.05) is 24.1 Å². The predicted molar refractivity (Wildman–Crippen MR) is 95.0 cm³/mol. The minimum absolute atomic E-state index is 0.0235. The van der Waals surface area contributed by atoms with Crippen molar-refractivity contribution in [2.75, 3.05) is 6.54 Å². The lowest BCUT2D eigenvalue weighted by Crippen LogP contribution is -2.48. The molecule has 1 aromatic heterocycles. The highest BCUT2D eigenvalue weighted by molar-refractivity contribution is 5.75. The highest BCUT2D eigenvalue weighted by Crippen LogP contribution is 2.25. The number of hydrogen-bond donors (Lipinski definition) is 1. The van der Waals surface area contributed by atoms with Crippen LogP contribution in [0.5, 0.6) is 5.75 Å². The number of furan rings is 1. The van der Waals surface area contributed by atoms with Gasteiger partial charge in [-0.2, -0.15) is 0 Å². The lowest BCUT2D eigenvalue weighted by Gasteiger charge is -2.26. The first-order valence-electron chi connectivity index (χ1n) is 8.49. The van der Waals surface area contributed by atoms with E-state index in [1.807, 2.05) is 36.4 Å². The smallest absolute Gasteiger partial charge is 0.318 e. The summed E-state index contributed by atoms with van der Waals surface area (Å²) in [5.74, 6) is 4.06. The summed E-state index contributed by atoms with van der Waals surface area (Å²) in [6.45, 7) is 0.573. The zero-order chi connectivity index (χ0) is 17.5. The second-order valence-electron chi connectivity index (χ2n) is 6.10. The van der Waals surface area contributed by atoms with Crippen LogP contribution >= 0.6 is 0 Å². The molecule has 5 nitrogen and oxygen atoms in total. The van der Waals surface area contributed by atoms with Crippen LogP contribution < -0.4 is 10.1 Å². The van der Waals surface area contributed by atoms with Gasteiger partial charge in [0.25, 0.3) is 0 Å². The number of nitrogens with one attached hydrogen (secondary N) is 1. The summed E-state index contributed by atoms with van der Waals surface area (Å²) >= 11 is 0. The van der Waals surface area contributed by atoms with E-state index in [0.717, 1.165) is 25.0 Å². The molecule has 0 aliphatic heterocycles. The van der Waals surface area contributed by atoms with Crippen molar-refractivity contribution in [3.63, 3.8) is 0 Å². The first-order chi connectivity index (χ1) is 12.3. The number of nitrogens with zero attached hydrogens (tertiary/aromatic N) is 1. The maximum atomic E-state index is 12.6. The first-order valence-corrected chi connectivity index (χ1v) is 8.49. The van der Waals surface area contributed by atoms with Gasteiger partial charge in [0, 0.05) is 0 Å². The summed E-state index contributed by atoms with van der Waals surface area (Å²) in [6, 6.07) is 13.1. The number of urea groups is 1. The van der Waals surface area contributed by atoms with Crippen LogP contribution in [0.15, 0.2) is 53.1 Å². The number of benzene rings is 1. The number of amides is 2. The number of ether oxygens (including phenoxy) is 1. The van der Waals surface area contributed by atoms with E-state index in [9.17, 15) is 4.79 Å². The van der Waals surface area contributed by atoms with Gasteiger partial charge in [0.05, 0.1) is 25.4 Å². The Kier molecular flexibility index (Phi) is 5.63. The molecule has 5 heteroatoms. The van der Waals surface area contributed by atoms with E-state index >= 15 is 0 Å². The average Bonchev–Trinajstić information content (AvgIpc) is 3.28. The van der Waals surface area contributed by atoms with E-state index in [2.05, 4.69) is 11.2 Å². The molecule has 1 aliphatic rings. The minimum Gasteiger partial charge on any atom is -0.488 e. The Morgan fingerprint density at radius 3 is 2.84 bits per heavy atom. The van der Waals surface area contributed by atoms with Crippen molar-refractivity contribution in [2.45, 2.75) is 38.0 Å². The van der Waals surface area contributed by atoms with E-state index in [-0.39, 0.29) is 24.7 Å². The molecule has 3 rings (SSSR count). The third-order valence-electron chi connectivity index (χ3n) is 4.29. The van der Waals surface area contributed by atoms with E-state index in [4.69, 9.17) is 15.6 Å². The van der Waals surface area contributed by atoms with Crippen molar-refractivity contribution in [1.82, 2.24) is 10.2 Å². The molecule has 0 bridgehead atoms. The van der Waals surface area contributed by atoms with Gasteiger partial charge in [-0.05, 0) is 43.5 Å². The number of hydrogen-bond acceptors (Lipinski definition) is 3. The predicted octanol–water partition coefficient (Wildman–Crippen LogP) is 3.42. The van der Waals surface area contributed by atoms with E-state index < -0.39 is 0 Å². The lowest BCUT2D eigenvalue weighted by atomic mass is 10.2. The fourth-order valence-electron chi connectivity index (χ4n) is 3.06. The van der Waals surface area contributed by atoms with E-state index in [1.54, 1.807) is 17.2 Å². The summed E-state index contributed by atoms with van der Waals surface area (Å²) in [6.07, 6.45) is 9.81. The van der Waals surface area contributed by atoms with Gasteiger partial charge in [-0.25, -0.2) is 4.79 Å². The second-order valence-corrected chi connectivity index (χ2v) is 6.10. The van der Waals surface area contributed by atoms with Gasteiger partial charge in [0.15, 0.2) is 0 Å². The van der Waals surface area contributed by atoms with Gasteiger partial charge in [-0.3, -0.25) is 0 Å². The maximum Gasteiger partial charge on any atom is 0.318 e. The monoisotopic (exact) mass is 338 g/mol. The van der Waals surface area contributed by atoms with Crippen LogP contribution in [0, 0.1) is 12.3 Å². The van der Waals surface area contributed by atoms with Crippen molar-refractivity contribution >= 4 is 6.03 Å². The standard InChI is InChI=1S/C20H22N2O3/c1-2-13-22(15-17-10-7-14-24-17)20(23)21-18-11-6-12-19(18)25-16-8-4-3-5-9-16/h1,3-5,7-10,14,18-19H,6,11-13,15H2,(H,21,23)/t18-,19-/m1/s1. The van der Waals surface area contributed by atoms with Gasteiger partial charge in [0.1, 0.15) is 17.6 Å². The molecule has 1 aromatic carbocycles. The number of carbonyl (C=O) groups is 1. The van der Waals surface area contributed by atoms with Crippen LogP contribution in [0.1, 0.15) is 25.0 Å². The number of rotatable bonds is 6. The molecule has 2 atom stereocenters. The molecule has 0 saturated heterocycles. The lowest BCUT2D eigenvalue weighted by molar-refractivity contribution is 0.158. The third kappa shape index (κ3) is 4.57. The molecule has 2 amide bonds. The largest absolute Gasteiger partial charge is 0.488 e. The van der Waals surface area contributed by atoms with Crippen LogP contribution in [0.4, 0.5) is 4.79 Å². The molecule has 1 N–H and O–H groups in total. The average molecular weight is 338 g/mol. The number of terminal acetylenes is 1. The van der Waals surface area contributed by atoms with Crippen LogP contribution in [0.2, 0.25) is 0 Å². The Morgan fingerprint density at radius 1 is 1.28 bits per heavy atom. The molecule has 130 valence electrons. The summed E-state index contributed by atoms with van der Waals surface area (Å²) in [5, 5.41) is 3.07. The summed E-state index contributed by atoms with van der Waals surface area (Å²) in [7, 11) is 0. The van der Waals surface area contributed by atoms with Crippen molar-refractivity contribution in [3.05, 3.63) is 54.5 Å². The molecule has 1 aliphatic carbocycles. The summed E-state index contributed by atoms with van der Waals surface area (Å²) < 4.78 is 11.4. The van der Waals surface area contributed by atoms with E-state index in [0.29, 0.717) is 12.3 Å². The second kappa shape index (κ2) is 8.29. The Hall–Kier alpha value is -2.87. The van der Waals surface area contributed by atoms with Gasteiger partial charge in [0.2, 0.25) is 0 Å². The van der Waals surface area contributed by atoms with Crippen LogP contribution in [-0.2, 0) is 6.54 Å². The van der Waals surface area contributed by atoms with Gasteiger partial charge in [-0.15, -0.1) is 6.42 Å². The summed E-state index contributed by atoms with van der Waals surface area (Å²) in [5.41, 5.74) is 0. The molecule has 0 spiro atoms. The molecule has 1 heterocycles. The zero-order valence-corrected chi connectivity index (χ0v) is 14.1. The molecule has 0 unspecified atom stereocenters. The first kappa shape index (κ1) is 17.0. The molecule has 25 heavy (non-hydrogen) atoms. The highest BCUT2D eigenvalue weighted by atomic mass is 16.5. The van der Waals surface area contributed by atoms with Crippen molar-refractivity contribution in [3.8, 4) is 18.1 Å². The molecule has 2 aromatic rings. The van der Waals surface area contributed by atoms with Crippen LogP contribution in [0.3, 0.4) is 0 Å². The summed E-state index contributed by atoms with van der Waals surface area (Å²) in [4.78, 5) is 14.2. The van der Waals surface area contributed by atoms with Crippen molar-refractivity contribution in [2.24, 2.45) is 0 Å². The highest BCUT2D eigenvalue weighted by Gasteiger charge is 2.31. The topological polar surface area (TPSA) is 54.7 Å². The fourth-order valence-corrected chi connectivity index (χ4v) is 3.06. The van der Waals surface area contributed by atoms with Crippen molar-refractivity contribution in [1.29, 1.82) is 0 Å². The number of carbonyl (C=O) groups excluding carboxylic acids is 1. The quantitative estimate of drug-likeness (QED) is 0.821. The Morgan fingerprint density at radius 2 is 2.12 bits per heavy atom. The molecular weight excluding hydrogens is 316 g/mol. The van der Waals surface area contributed by atoms with Crippen LogP contribution in [-0.4, -0.2) is 29.6 Å². The SMILES string of the molecule is C#CCN(Cc1ccco1)C(=O)N[C@@H]1CCC[C@H]1Oc1ccccc1. The van der Waals surface area contributed by atoms with Crippen LogP contribution in [0.25, 0.3) is 0 Å². The van der Waals surface area contributed by atoms with E-state index in [1.165, 1.54) is 0 Å². The molecule has 0 radical (unpaired) electrons. The third-order valence-corrected chi connectivity index (χ3v) is 4.29. The fraction of sp³-hybridized carbons (Fsp3) is 0.350. The van der Waals surface area contributed by atoms with Crippen molar-refractivity contribution < 1.29 is 13.9 Å². The molecule has 1 saturated carbocycles. The molecule has 1 fully saturated rings. The zero-order valence-electron chi connectivity index (χ0n) is 14.1. The number of para-hydroxylation sites is 1. The Bertz CT molecular complexity index is 706. The normalized spacial score (nSPS) is 19.2. The van der Waals surface area contributed by atoms with Gasteiger partial charge < -0.3 is 19.4 Å². The molecular formula is C20H22N2O3. The minimum atomic E-state index is -0.192. The Labute approximate surface area is 148 Å². The van der Waals surface area contributed by atoms with Gasteiger partial charge >= 0.3 is 6.03 Å². The maximum absolute atomic E-state index is 12.6. The Balaban J connectivity index is 1.60.